The van der Waals surface area contributed by atoms with Crippen LogP contribution in [0.3, 0.4) is 0 Å². The Kier molecular flexibility index (Phi) is 5.65. The molecule has 2 aromatic rings. The van der Waals surface area contributed by atoms with Crippen molar-refractivity contribution in [1.82, 2.24) is 24.3 Å². The van der Waals surface area contributed by atoms with E-state index in [9.17, 15) is 13.2 Å². The molecule has 0 spiro atoms. The first-order valence-corrected chi connectivity index (χ1v) is 9.93. The van der Waals surface area contributed by atoms with Crippen molar-refractivity contribution in [3.05, 3.63) is 16.4 Å². The van der Waals surface area contributed by atoms with Gasteiger partial charge < -0.3 is 5.32 Å². The minimum Gasteiger partial charge on any atom is -0.353 e. The van der Waals surface area contributed by atoms with Gasteiger partial charge in [0.25, 0.3) is 5.56 Å². The fourth-order valence-corrected chi connectivity index (χ4v) is 3.23. The second-order valence-corrected chi connectivity index (χ2v) is 8.04. The summed E-state index contributed by atoms with van der Waals surface area (Å²) in [7, 11) is -3.35. The molecule has 2 aromatic heterocycles. The lowest BCUT2D eigenvalue weighted by Crippen LogP contribution is -2.32. The summed E-state index contributed by atoms with van der Waals surface area (Å²) in [5, 5.41) is 5.99. The number of nitrogens with one attached hydrogen (secondary N) is 3. The molecule has 0 fully saturated rings. The Morgan fingerprint density at radius 2 is 2.13 bits per heavy atom. The average Bonchev–Trinajstić information content (AvgIpc) is 2.85. The zero-order valence-electron chi connectivity index (χ0n) is 13.2. The quantitative estimate of drug-likeness (QED) is 0.572. The third kappa shape index (κ3) is 4.94. The van der Waals surface area contributed by atoms with Gasteiger partial charge in [-0.2, -0.15) is 4.98 Å². The zero-order valence-corrected chi connectivity index (χ0v) is 14.8. The molecule has 0 amide bonds. The van der Waals surface area contributed by atoms with Gasteiger partial charge in [-0.3, -0.25) is 9.89 Å². The second kappa shape index (κ2) is 7.32. The Labute approximate surface area is 138 Å². The third-order valence-corrected chi connectivity index (χ3v) is 4.78. The molecule has 0 aliphatic heterocycles. The maximum Gasteiger partial charge on any atom is 0.266 e. The summed E-state index contributed by atoms with van der Waals surface area (Å²) in [6.07, 6.45) is 1.82. The number of thioether (sulfide) groups is 1. The molecule has 0 atom stereocenters. The van der Waals surface area contributed by atoms with E-state index in [2.05, 4.69) is 25.1 Å². The Bertz CT molecular complexity index is 827. The van der Waals surface area contributed by atoms with Crippen LogP contribution in [-0.2, 0) is 10.0 Å². The molecule has 128 valence electrons. The van der Waals surface area contributed by atoms with E-state index < -0.39 is 10.0 Å². The third-order valence-electron chi connectivity index (χ3n) is 2.88. The highest BCUT2D eigenvalue weighted by Crippen LogP contribution is 2.13. The Morgan fingerprint density at radius 1 is 1.39 bits per heavy atom. The van der Waals surface area contributed by atoms with E-state index in [1.165, 1.54) is 22.3 Å². The van der Waals surface area contributed by atoms with Gasteiger partial charge in [0.15, 0.2) is 10.8 Å². The van der Waals surface area contributed by atoms with E-state index in [0.717, 1.165) is 0 Å². The van der Waals surface area contributed by atoms with Gasteiger partial charge in [0.2, 0.25) is 16.0 Å². The van der Waals surface area contributed by atoms with E-state index in [-0.39, 0.29) is 23.8 Å². The first kappa shape index (κ1) is 17.8. The predicted octanol–water partition coefficient (Wildman–Crippen LogP) is 0.127. The Balaban J connectivity index is 2.08. The molecular weight excluding hydrogens is 340 g/mol. The molecule has 11 heteroatoms. The van der Waals surface area contributed by atoms with Gasteiger partial charge in [-0.25, -0.2) is 22.6 Å². The van der Waals surface area contributed by atoms with E-state index in [1.807, 2.05) is 20.1 Å². The lowest BCUT2D eigenvalue weighted by molar-refractivity contribution is 0.560. The normalized spacial score (nSPS) is 12.2. The van der Waals surface area contributed by atoms with Crippen LogP contribution in [-0.4, -0.2) is 53.1 Å². The lowest BCUT2D eigenvalue weighted by atomic mass is 10.2. The fraction of sp³-hybridized carbons (Fsp3) is 0.583. The summed E-state index contributed by atoms with van der Waals surface area (Å²) in [6, 6.07) is 1.35. The van der Waals surface area contributed by atoms with Crippen LogP contribution in [0.2, 0.25) is 0 Å². The number of anilines is 1. The predicted molar refractivity (Wildman–Crippen MR) is 90.5 cm³/mol. The van der Waals surface area contributed by atoms with Gasteiger partial charge in [0.1, 0.15) is 0 Å². The van der Waals surface area contributed by atoms with Gasteiger partial charge in [0, 0.05) is 19.2 Å². The van der Waals surface area contributed by atoms with E-state index in [0.29, 0.717) is 23.3 Å². The summed E-state index contributed by atoms with van der Waals surface area (Å²) >= 11 is 1.34. The minimum atomic E-state index is -3.35. The number of sulfonamides is 1. The smallest absolute Gasteiger partial charge is 0.266 e. The molecule has 9 nitrogen and oxygen atoms in total. The molecule has 2 rings (SSSR count). The van der Waals surface area contributed by atoms with Crippen LogP contribution in [0.1, 0.15) is 13.8 Å². The molecule has 3 N–H and O–H groups in total. The van der Waals surface area contributed by atoms with Crippen LogP contribution >= 0.6 is 11.8 Å². The molecule has 0 aliphatic rings. The zero-order chi connectivity index (χ0) is 17.0. The molecule has 2 heterocycles. The highest BCUT2D eigenvalue weighted by Gasteiger charge is 2.12. The van der Waals surface area contributed by atoms with Crippen molar-refractivity contribution in [3.8, 4) is 0 Å². The van der Waals surface area contributed by atoms with E-state index in [1.54, 1.807) is 0 Å². The highest BCUT2D eigenvalue weighted by molar-refractivity contribution is 7.98. The van der Waals surface area contributed by atoms with Crippen molar-refractivity contribution < 1.29 is 8.42 Å². The van der Waals surface area contributed by atoms with Crippen LogP contribution in [0.5, 0.6) is 0 Å². The van der Waals surface area contributed by atoms with E-state index in [4.69, 9.17) is 0 Å². The summed E-state index contributed by atoms with van der Waals surface area (Å²) in [6.45, 7) is 4.44. The van der Waals surface area contributed by atoms with Crippen LogP contribution < -0.4 is 15.6 Å². The molecule has 0 radical (unpaired) electrons. The maximum absolute atomic E-state index is 11.9. The average molecular weight is 360 g/mol. The maximum atomic E-state index is 11.9. The number of fused-ring (bicyclic) bond motifs is 1. The number of hydrogen-bond donors (Lipinski definition) is 3. The molecule has 0 saturated carbocycles. The van der Waals surface area contributed by atoms with Gasteiger partial charge in [-0.1, -0.05) is 25.6 Å². The van der Waals surface area contributed by atoms with Crippen LogP contribution in [0.25, 0.3) is 5.65 Å². The topological polar surface area (TPSA) is 121 Å². The summed E-state index contributed by atoms with van der Waals surface area (Å²) < 4.78 is 27.7. The lowest BCUT2D eigenvalue weighted by Gasteiger charge is -2.11. The number of aromatic amines is 1. The van der Waals surface area contributed by atoms with Gasteiger partial charge in [-0.15, -0.1) is 0 Å². The minimum absolute atomic E-state index is 0.0919. The SMILES string of the molecule is CSc1nc(NCCS(=O)(=O)NCC(C)C)n2[nH]c(=O)cc2n1. The van der Waals surface area contributed by atoms with E-state index >= 15 is 0 Å². The van der Waals surface area contributed by atoms with Gasteiger partial charge >= 0.3 is 0 Å². The number of rotatable bonds is 8. The molecule has 0 unspecified atom stereocenters. The van der Waals surface area contributed by atoms with Gasteiger partial charge in [0.05, 0.1) is 5.75 Å². The number of aromatic nitrogens is 4. The monoisotopic (exact) mass is 360 g/mol. The summed E-state index contributed by atoms with van der Waals surface area (Å²) in [4.78, 5) is 19.9. The van der Waals surface area contributed by atoms with Crippen molar-refractivity contribution in [1.29, 1.82) is 0 Å². The molecule has 0 aromatic carbocycles. The van der Waals surface area contributed by atoms with Crippen molar-refractivity contribution >= 4 is 33.4 Å². The first-order valence-electron chi connectivity index (χ1n) is 7.06. The molecule has 0 aliphatic carbocycles. The molecule has 0 bridgehead atoms. The highest BCUT2D eigenvalue weighted by atomic mass is 32.2. The Morgan fingerprint density at radius 3 is 2.78 bits per heavy atom. The van der Waals surface area contributed by atoms with Crippen LogP contribution in [0, 0.1) is 5.92 Å². The van der Waals surface area contributed by atoms with Gasteiger partial charge in [-0.05, 0) is 12.2 Å². The molecular formula is C12H20N6O3S2. The second-order valence-electron chi connectivity index (χ2n) is 5.34. The van der Waals surface area contributed by atoms with Crippen molar-refractivity contribution in [2.24, 2.45) is 5.92 Å². The van der Waals surface area contributed by atoms with Crippen molar-refractivity contribution in [3.63, 3.8) is 0 Å². The van der Waals surface area contributed by atoms with Crippen molar-refractivity contribution in [2.45, 2.75) is 19.0 Å². The molecule has 23 heavy (non-hydrogen) atoms. The number of nitrogens with zero attached hydrogens (tertiary/aromatic N) is 3. The van der Waals surface area contributed by atoms with Crippen molar-refractivity contribution in [2.75, 3.05) is 30.4 Å². The summed E-state index contributed by atoms with van der Waals surface area (Å²) in [5.41, 5.74) is 0.129. The Hall–Kier alpha value is -1.59. The fourth-order valence-electron chi connectivity index (χ4n) is 1.76. The molecule has 0 saturated heterocycles. The standard InChI is InChI=1S/C12H20N6O3S2/c1-8(2)7-14-23(20,21)5-4-13-11-16-12(22-3)15-9-6-10(19)17-18(9)11/h6,8,14H,4-5,7H2,1-3H3,(H,17,19)(H,13,15,16). The largest absolute Gasteiger partial charge is 0.353 e. The summed E-state index contributed by atoms with van der Waals surface area (Å²) in [5.74, 6) is 0.500. The first-order chi connectivity index (χ1) is 10.8. The van der Waals surface area contributed by atoms with Crippen LogP contribution in [0.4, 0.5) is 5.95 Å². The number of H-pyrrole nitrogens is 1. The number of hydrogen-bond acceptors (Lipinski definition) is 7. The van der Waals surface area contributed by atoms with Crippen LogP contribution in [0.15, 0.2) is 16.0 Å².